The fourth-order valence-corrected chi connectivity index (χ4v) is 1.84. The van der Waals surface area contributed by atoms with Gasteiger partial charge in [-0.3, -0.25) is 4.79 Å². The van der Waals surface area contributed by atoms with E-state index in [-0.39, 0.29) is 11.9 Å². The maximum absolute atomic E-state index is 11.2. The van der Waals surface area contributed by atoms with Gasteiger partial charge < -0.3 is 11.1 Å². The van der Waals surface area contributed by atoms with Crippen molar-refractivity contribution in [2.75, 3.05) is 11.5 Å². The van der Waals surface area contributed by atoms with Crippen molar-refractivity contribution >= 4 is 17.7 Å². The summed E-state index contributed by atoms with van der Waals surface area (Å²) in [6, 6.07) is 0.715. The van der Waals surface area contributed by atoms with E-state index in [1.165, 1.54) is 0 Å². The Balaban J connectivity index is 1.94. The van der Waals surface area contributed by atoms with Gasteiger partial charge in [-0.25, -0.2) is 0 Å². The maximum atomic E-state index is 11.2. The van der Waals surface area contributed by atoms with E-state index < -0.39 is 0 Å². The third-order valence-corrected chi connectivity index (χ3v) is 3.16. The van der Waals surface area contributed by atoms with E-state index in [2.05, 4.69) is 12.2 Å². The summed E-state index contributed by atoms with van der Waals surface area (Å²) in [5.41, 5.74) is 5.72. The van der Waals surface area contributed by atoms with Crippen LogP contribution in [0.2, 0.25) is 0 Å². The zero-order chi connectivity index (χ0) is 9.68. The fourth-order valence-electron chi connectivity index (χ4n) is 0.918. The van der Waals surface area contributed by atoms with Gasteiger partial charge in [0.2, 0.25) is 5.91 Å². The zero-order valence-electron chi connectivity index (χ0n) is 8.08. The minimum absolute atomic E-state index is 0.163. The van der Waals surface area contributed by atoms with Gasteiger partial charge in [-0.1, -0.05) is 6.92 Å². The molecular formula is C9H18N2OS. The highest BCUT2D eigenvalue weighted by atomic mass is 32.2. The first-order chi connectivity index (χ1) is 6.22. The highest BCUT2D eigenvalue weighted by Crippen LogP contribution is 2.18. The van der Waals surface area contributed by atoms with E-state index >= 15 is 0 Å². The van der Waals surface area contributed by atoms with Crippen molar-refractivity contribution in [3.63, 3.8) is 0 Å². The SMILES string of the molecule is CCC(N)CSCC(=O)NC1CC1. The molecule has 0 aromatic carbocycles. The molecule has 3 nitrogen and oxygen atoms in total. The van der Waals surface area contributed by atoms with Crippen LogP contribution in [0.3, 0.4) is 0 Å². The fraction of sp³-hybridized carbons (Fsp3) is 0.889. The van der Waals surface area contributed by atoms with Crippen LogP contribution in [0.1, 0.15) is 26.2 Å². The summed E-state index contributed by atoms with van der Waals surface area (Å²) in [5.74, 6) is 1.61. The van der Waals surface area contributed by atoms with Crippen LogP contribution in [-0.2, 0) is 4.79 Å². The highest BCUT2D eigenvalue weighted by molar-refractivity contribution is 7.99. The van der Waals surface area contributed by atoms with Gasteiger partial charge in [0.25, 0.3) is 0 Å². The molecular weight excluding hydrogens is 184 g/mol. The molecule has 1 aliphatic rings. The lowest BCUT2D eigenvalue weighted by atomic mass is 10.3. The molecule has 0 bridgehead atoms. The number of hydrogen-bond acceptors (Lipinski definition) is 3. The largest absolute Gasteiger partial charge is 0.353 e. The summed E-state index contributed by atoms with van der Waals surface area (Å²) in [6.07, 6.45) is 3.30. The lowest BCUT2D eigenvalue weighted by Gasteiger charge is -2.07. The number of thioether (sulfide) groups is 1. The summed E-state index contributed by atoms with van der Waals surface area (Å²) in [5, 5.41) is 2.95. The Bertz CT molecular complexity index is 171. The molecule has 1 atom stereocenters. The molecule has 0 aromatic rings. The molecule has 4 heteroatoms. The molecule has 76 valence electrons. The lowest BCUT2D eigenvalue weighted by molar-refractivity contribution is -0.118. The molecule has 1 aliphatic carbocycles. The van der Waals surface area contributed by atoms with Crippen molar-refractivity contribution in [1.29, 1.82) is 0 Å². The van der Waals surface area contributed by atoms with Crippen molar-refractivity contribution in [2.45, 2.75) is 38.3 Å². The van der Waals surface area contributed by atoms with Gasteiger partial charge in [0.1, 0.15) is 0 Å². The van der Waals surface area contributed by atoms with E-state index in [1.807, 2.05) is 0 Å². The maximum Gasteiger partial charge on any atom is 0.230 e. The summed E-state index contributed by atoms with van der Waals surface area (Å²) in [4.78, 5) is 11.2. The van der Waals surface area contributed by atoms with Crippen LogP contribution in [-0.4, -0.2) is 29.5 Å². The topological polar surface area (TPSA) is 55.1 Å². The van der Waals surface area contributed by atoms with Crippen molar-refractivity contribution in [2.24, 2.45) is 5.73 Å². The van der Waals surface area contributed by atoms with Crippen LogP contribution < -0.4 is 11.1 Å². The summed E-state index contributed by atoms with van der Waals surface area (Å²) in [6.45, 7) is 2.06. The molecule has 13 heavy (non-hydrogen) atoms. The number of hydrogen-bond donors (Lipinski definition) is 2. The van der Waals surface area contributed by atoms with Gasteiger partial charge in [0.15, 0.2) is 0 Å². The van der Waals surface area contributed by atoms with Crippen LogP contribution >= 0.6 is 11.8 Å². The number of nitrogens with two attached hydrogens (primary N) is 1. The Morgan fingerprint density at radius 3 is 2.92 bits per heavy atom. The molecule has 0 spiro atoms. The average molecular weight is 202 g/mol. The molecule has 0 aliphatic heterocycles. The standard InChI is InChI=1S/C9H18N2OS/c1-2-7(10)5-13-6-9(12)11-8-3-4-8/h7-8H,2-6,10H2,1H3,(H,11,12). The van der Waals surface area contributed by atoms with E-state index in [0.717, 1.165) is 25.0 Å². The number of carbonyl (C=O) groups is 1. The number of nitrogens with one attached hydrogen (secondary N) is 1. The Labute approximate surface area is 83.8 Å². The Morgan fingerprint density at radius 1 is 1.69 bits per heavy atom. The highest BCUT2D eigenvalue weighted by Gasteiger charge is 2.22. The first kappa shape index (κ1) is 10.9. The second-order valence-corrected chi connectivity index (χ2v) is 4.56. The predicted octanol–water partition coefficient (Wildman–Crippen LogP) is 0.735. The van der Waals surface area contributed by atoms with Crippen LogP contribution in [0, 0.1) is 0 Å². The van der Waals surface area contributed by atoms with Crippen molar-refractivity contribution in [3.8, 4) is 0 Å². The number of carbonyl (C=O) groups excluding carboxylic acids is 1. The minimum atomic E-state index is 0.163. The van der Waals surface area contributed by atoms with Gasteiger partial charge >= 0.3 is 0 Å². The molecule has 1 unspecified atom stereocenters. The van der Waals surface area contributed by atoms with Crippen LogP contribution in [0.15, 0.2) is 0 Å². The summed E-state index contributed by atoms with van der Waals surface area (Å²) < 4.78 is 0. The zero-order valence-corrected chi connectivity index (χ0v) is 8.90. The third-order valence-electron chi connectivity index (χ3n) is 2.03. The molecule has 1 fully saturated rings. The van der Waals surface area contributed by atoms with Crippen LogP contribution in [0.4, 0.5) is 0 Å². The monoisotopic (exact) mass is 202 g/mol. The normalized spacial score (nSPS) is 18.3. The molecule has 1 amide bonds. The van der Waals surface area contributed by atoms with E-state index in [4.69, 9.17) is 5.73 Å². The first-order valence-electron chi connectivity index (χ1n) is 4.85. The van der Waals surface area contributed by atoms with Gasteiger partial charge in [0.05, 0.1) is 5.75 Å². The smallest absolute Gasteiger partial charge is 0.230 e. The van der Waals surface area contributed by atoms with Crippen molar-refractivity contribution < 1.29 is 4.79 Å². The minimum Gasteiger partial charge on any atom is -0.353 e. The van der Waals surface area contributed by atoms with Crippen LogP contribution in [0.25, 0.3) is 0 Å². The van der Waals surface area contributed by atoms with E-state index in [1.54, 1.807) is 11.8 Å². The summed E-state index contributed by atoms with van der Waals surface area (Å²) >= 11 is 1.63. The molecule has 3 N–H and O–H groups in total. The molecule has 0 heterocycles. The van der Waals surface area contributed by atoms with Gasteiger partial charge in [0, 0.05) is 17.8 Å². The predicted molar refractivity (Wildman–Crippen MR) is 56.8 cm³/mol. The number of amides is 1. The lowest BCUT2D eigenvalue weighted by Crippen LogP contribution is -2.28. The Hall–Kier alpha value is -0.220. The molecule has 1 rings (SSSR count). The van der Waals surface area contributed by atoms with Gasteiger partial charge in [-0.2, -0.15) is 11.8 Å². The Morgan fingerprint density at radius 2 is 2.38 bits per heavy atom. The van der Waals surface area contributed by atoms with Crippen LogP contribution in [0.5, 0.6) is 0 Å². The second-order valence-electron chi connectivity index (χ2n) is 3.53. The number of rotatable bonds is 6. The molecule has 0 radical (unpaired) electrons. The second kappa shape index (κ2) is 5.50. The van der Waals surface area contributed by atoms with E-state index in [9.17, 15) is 4.79 Å². The van der Waals surface area contributed by atoms with Crippen molar-refractivity contribution in [3.05, 3.63) is 0 Å². The molecule has 1 saturated carbocycles. The molecule has 0 aromatic heterocycles. The third kappa shape index (κ3) is 5.16. The van der Waals surface area contributed by atoms with Gasteiger partial charge in [-0.15, -0.1) is 0 Å². The van der Waals surface area contributed by atoms with Crippen molar-refractivity contribution in [1.82, 2.24) is 5.32 Å². The molecule has 0 saturated heterocycles. The Kier molecular flexibility index (Phi) is 4.59. The van der Waals surface area contributed by atoms with Gasteiger partial charge in [-0.05, 0) is 19.3 Å². The quantitative estimate of drug-likeness (QED) is 0.668. The first-order valence-corrected chi connectivity index (χ1v) is 6.00. The summed E-state index contributed by atoms with van der Waals surface area (Å²) in [7, 11) is 0. The van der Waals surface area contributed by atoms with E-state index in [0.29, 0.717) is 11.8 Å². The average Bonchev–Trinajstić information content (AvgIpc) is 2.88.